The van der Waals surface area contributed by atoms with Crippen molar-refractivity contribution in [3.63, 3.8) is 0 Å². The molecule has 1 saturated heterocycles. The highest BCUT2D eigenvalue weighted by molar-refractivity contribution is 5.85. The summed E-state index contributed by atoms with van der Waals surface area (Å²) in [6.45, 7) is 7.86. The van der Waals surface area contributed by atoms with Crippen LogP contribution in [-0.4, -0.2) is 30.8 Å². The van der Waals surface area contributed by atoms with Crippen molar-refractivity contribution in [2.45, 2.75) is 64.5 Å². The molecule has 2 rings (SSSR count). The Bertz CT molecular complexity index is 309. The Morgan fingerprint density at radius 3 is 2.47 bits per heavy atom. The van der Waals surface area contributed by atoms with Crippen molar-refractivity contribution in [2.24, 2.45) is 5.41 Å². The standard InChI is InChI=1S/C14H26N2O2.ClH/c1-13(2,3)18-12(17)16-11-5-4-6-14(11)7-9-15-10-8-14;/h11,15H,4-10H2,1-3H3,(H,16,17);1H/t11-;/m1./s1. The molecule has 0 aromatic carbocycles. The summed E-state index contributed by atoms with van der Waals surface area (Å²) in [5.74, 6) is 0. The van der Waals surface area contributed by atoms with Crippen LogP contribution in [0.2, 0.25) is 0 Å². The van der Waals surface area contributed by atoms with Gasteiger partial charge < -0.3 is 15.4 Å². The predicted octanol–water partition coefficient (Wildman–Crippen LogP) is 2.86. The van der Waals surface area contributed by atoms with E-state index in [4.69, 9.17) is 4.74 Å². The number of piperidine rings is 1. The fraction of sp³-hybridized carbons (Fsp3) is 0.929. The summed E-state index contributed by atoms with van der Waals surface area (Å²) in [4.78, 5) is 11.9. The van der Waals surface area contributed by atoms with Gasteiger partial charge in [0.1, 0.15) is 5.60 Å². The smallest absolute Gasteiger partial charge is 0.407 e. The van der Waals surface area contributed by atoms with E-state index in [2.05, 4.69) is 10.6 Å². The molecule has 5 heteroatoms. The van der Waals surface area contributed by atoms with Gasteiger partial charge in [-0.25, -0.2) is 4.79 Å². The molecule has 0 aromatic rings. The zero-order valence-electron chi connectivity index (χ0n) is 12.3. The minimum atomic E-state index is -0.413. The Hall–Kier alpha value is -0.480. The predicted molar refractivity (Wildman–Crippen MR) is 78.8 cm³/mol. The second kappa shape index (κ2) is 6.31. The van der Waals surface area contributed by atoms with Gasteiger partial charge in [0, 0.05) is 6.04 Å². The summed E-state index contributed by atoms with van der Waals surface area (Å²) >= 11 is 0. The second-order valence-electron chi connectivity index (χ2n) is 6.70. The Morgan fingerprint density at radius 2 is 1.89 bits per heavy atom. The Morgan fingerprint density at radius 1 is 1.26 bits per heavy atom. The van der Waals surface area contributed by atoms with Crippen LogP contribution in [-0.2, 0) is 4.74 Å². The van der Waals surface area contributed by atoms with Crippen molar-refractivity contribution in [3.8, 4) is 0 Å². The molecule has 0 radical (unpaired) electrons. The van der Waals surface area contributed by atoms with Crippen molar-refractivity contribution in [3.05, 3.63) is 0 Å². The number of amides is 1. The van der Waals surface area contributed by atoms with E-state index < -0.39 is 5.60 Å². The minimum Gasteiger partial charge on any atom is -0.444 e. The maximum atomic E-state index is 11.9. The number of hydrogen-bond donors (Lipinski definition) is 2. The fourth-order valence-electron chi connectivity index (χ4n) is 3.34. The lowest BCUT2D eigenvalue weighted by Gasteiger charge is -2.39. The SMILES string of the molecule is CC(C)(C)OC(=O)N[C@@H]1CCCC12CCNCC2.Cl. The van der Waals surface area contributed by atoms with Crippen LogP contribution in [0.25, 0.3) is 0 Å². The molecule has 1 atom stereocenters. The van der Waals surface area contributed by atoms with Crippen LogP contribution in [0.5, 0.6) is 0 Å². The van der Waals surface area contributed by atoms with Crippen LogP contribution >= 0.6 is 12.4 Å². The first-order valence-electron chi connectivity index (χ1n) is 7.12. The summed E-state index contributed by atoms with van der Waals surface area (Å²) in [6, 6.07) is 0.300. The molecule has 112 valence electrons. The summed E-state index contributed by atoms with van der Waals surface area (Å²) in [6.07, 6.45) is 5.66. The second-order valence-corrected chi connectivity index (χ2v) is 6.70. The van der Waals surface area contributed by atoms with Crippen molar-refractivity contribution in [2.75, 3.05) is 13.1 Å². The number of ether oxygens (including phenoxy) is 1. The van der Waals surface area contributed by atoms with E-state index in [-0.39, 0.29) is 18.5 Å². The third-order valence-electron chi connectivity index (χ3n) is 4.20. The molecule has 1 aliphatic carbocycles. The number of halogens is 1. The van der Waals surface area contributed by atoms with Crippen LogP contribution in [0, 0.1) is 5.41 Å². The molecule has 1 spiro atoms. The van der Waals surface area contributed by atoms with Crippen molar-refractivity contribution in [1.82, 2.24) is 10.6 Å². The van der Waals surface area contributed by atoms with E-state index in [0.29, 0.717) is 11.5 Å². The molecule has 0 aromatic heterocycles. The molecule has 2 fully saturated rings. The lowest BCUT2D eigenvalue weighted by Crippen LogP contribution is -2.50. The third kappa shape index (κ3) is 4.25. The molecule has 2 aliphatic rings. The zero-order chi connectivity index (χ0) is 13.2. The highest BCUT2D eigenvalue weighted by Gasteiger charge is 2.44. The molecular weight excluding hydrogens is 264 g/mol. The molecule has 1 heterocycles. The van der Waals surface area contributed by atoms with Gasteiger partial charge in [0.05, 0.1) is 0 Å². The molecule has 1 aliphatic heterocycles. The zero-order valence-corrected chi connectivity index (χ0v) is 13.1. The Labute approximate surface area is 122 Å². The van der Waals surface area contributed by atoms with E-state index >= 15 is 0 Å². The Balaban J connectivity index is 0.00000180. The molecule has 4 nitrogen and oxygen atoms in total. The summed E-state index contributed by atoms with van der Waals surface area (Å²) in [5.41, 5.74) is -0.0911. The van der Waals surface area contributed by atoms with E-state index in [0.717, 1.165) is 19.5 Å². The van der Waals surface area contributed by atoms with Gasteiger partial charge in [0.25, 0.3) is 0 Å². The molecular formula is C14H27ClN2O2. The topological polar surface area (TPSA) is 50.4 Å². The lowest BCUT2D eigenvalue weighted by atomic mass is 9.74. The van der Waals surface area contributed by atoms with E-state index in [9.17, 15) is 4.79 Å². The van der Waals surface area contributed by atoms with E-state index in [1.54, 1.807) is 0 Å². The number of carbonyl (C=O) groups is 1. The third-order valence-corrected chi connectivity index (χ3v) is 4.20. The highest BCUT2D eigenvalue weighted by atomic mass is 35.5. The highest BCUT2D eigenvalue weighted by Crippen LogP contribution is 2.45. The van der Waals surface area contributed by atoms with Gasteiger partial charge in [-0.2, -0.15) is 0 Å². The van der Waals surface area contributed by atoms with Gasteiger partial charge in [0.2, 0.25) is 0 Å². The maximum absolute atomic E-state index is 11.9. The van der Waals surface area contributed by atoms with Crippen LogP contribution in [0.4, 0.5) is 4.79 Å². The first-order chi connectivity index (χ1) is 8.41. The van der Waals surface area contributed by atoms with Crippen molar-refractivity contribution in [1.29, 1.82) is 0 Å². The van der Waals surface area contributed by atoms with E-state index in [1.807, 2.05) is 20.8 Å². The number of nitrogens with one attached hydrogen (secondary N) is 2. The van der Waals surface area contributed by atoms with Crippen LogP contribution in [0.1, 0.15) is 52.9 Å². The van der Waals surface area contributed by atoms with Gasteiger partial charge in [-0.1, -0.05) is 6.42 Å². The van der Waals surface area contributed by atoms with Crippen molar-refractivity contribution < 1.29 is 9.53 Å². The van der Waals surface area contributed by atoms with Gasteiger partial charge in [-0.3, -0.25) is 0 Å². The lowest BCUT2D eigenvalue weighted by molar-refractivity contribution is 0.0437. The molecule has 1 amide bonds. The van der Waals surface area contributed by atoms with Gasteiger partial charge in [0.15, 0.2) is 0 Å². The quantitative estimate of drug-likeness (QED) is 0.781. The van der Waals surface area contributed by atoms with Crippen LogP contribution in [0.15, 0.2) is 0 Å². The molecule has 0 unspecified atom stereocenters. The first-order valence-corrected chi connectivity index (χ1v) is 7.12. The van der Waals surface area contributed by atoms with Crippen LogP contribution in [0.3, 0.4) is 0 Å². The minimum absolute atomic E-state index is 0. The summed E-state index contributed by atoms with van der Waals surface area (Å²) in [5, 5.41) is 6.51. The first kappa shape index (κ1) is 16.6. The summed E-state index contributed by atoms with van der Waals surface area (Å²) < 4.78 is 5.37. The van der Waals surface area contributed by atoms with Crippen molar-refractivity contribution >= 4 is 18.5 Å². The summed E-state index contributed by atoms with van der Waals surface area (Å²) in [7, 11) is 0. The number of carbonyl (C=O) groups excluding carboxylic acids is 1. The monoisotopic (exact) mass is 290 g/mol. The Kier molecular flexibility index (Phi) is 5.51. The number of hydrogen-bond acceptors (Lipinski definition) is 3. The largest absolute Gasteiger partial charge is 0.444 e. The van der Waals surface area contributed by atoms with Crippen LogP contribution < -0.4 is 10.6 Å². The van der Waals surface area contributed by atoms with Gasteiger partial charge in [-0.15, -0.1) is 12.4 Å². The maximum Gasteiger partial charge on any atom is 0.407 e. The average molecular weight is 291 g/mol. The average Bonchev–Trinajstić information content (AvgIpc) is 2.60. The van der Waals surface area contributed by atoms with Gasteiger partial charge >= 0.3 is 6.09 Å². The van der Waals surface area contributed by atoms with E-state index in [1.165, 1.54) is 25.7 Å². The molecule has 0 bridgehead atoms. The molecule has 1 saturated carbocycles. The molecule has 2 N–H and O–H groups in total. The molecule has 19 heavy (non-hydrogen) atoms. The normalized spacial score (nSPS) is 25.7. The van der Waals surface area contributed by atoms with Gasteiger partial charge in [-0.05, 0) is 65.0 Å². The fourth-order valence-corrected chi connectivity index (χ4v) is 3.34. The number of rotatable bonds is 1. The number of alkyl carbamates (subject to hydrolysis) is 1.